The van der Waals surface area contributed by atoms with E-state index >= 15 is 0 Å². The largest absolute Gasteiger partial charge is 0.480 e. The number of hydrogen-bond donors (Lipinski definition) is 0. The zero-order valence-electron chi connectivity index (χ0n) is 7.09. The SMILES string of the molecule is COc1nc(C(F)F)c(Br)cc1C#N. The maximum absolute atomic E-state index is 12.3. The summed E-state index contributed by atoms with van der Waals surface area (Å²) in [6, 6.07) is 3.05. The quantitative estimate of drug-likeness (QED) is 0.823. The van der Waals surface area contributed by atoms with Gasteiger partial charge in [0.2, 0.25) is 5.88 Å². The summed E-state index contributed by atoms with van der Waals surface area (Å²) in [4.78, 5) is 3.52. The minimum Gasteiger partial charge on any atom is -0.480 e. The molecule has 0 aliphatic carbocycles. The van der Waals surface area contributed by atoms with Crippen molar-refractivity contribution in [1.82, 2.24) is 4.98 Å². The topological polar surface area (TPSA) is 45.9 Å². The van der Waals surface area contributed by atoms with Crippen LogP contribution in [-0.4, -0.2) is 12.1 Å². The number of alkyl halides is 2. The van der Waals surface area contributed by atoms with Crippen molar-refractivity contribution in [3.63, 3.8) is 0 Å². The second kappa shape index (κ2) is 4.33. The van der Waals surface area contributed by atoms with Gasteiger partial charge in [0, 0.05) is 4.47 Å². The predicted molar refractivity (Wildman–Crippen MR) is 48.2 cm³/mol. The molecule has 0 fully saturated rings. The first kappa shape index (κ1) is 10.9. The minimum atomic E-state index is -2.70. The summed E-state index contributed by atoms with van der Waals surface area (Å²) in [5.74, 6) is -0.0917. The van der Waals surface area contributed by atoms with Crippen LogP contribution in [0.2, 0.25) is 0 Å². The molecule has 0 bridgehead atoms. The average molecular weight is 263 g/mol. The molecule has 0 amide bonds. The summed E-state index contributed by atoms with van der Waals surface area (Å²) in [7, 11) is 1.27. The molecule has 0 atom stereocenters. The second-order valence-electron chi connectivity index (χ2n) is 2.32. The number of nitrogens with zero attached hydrogens (tertiary/aromatic N) is 2. The van der Waals surface area contributed by atoms with E-state index in [0.29, 0.717) is 0 Å². The Kier molecular flexibility index (Phi) is 3.36. The molecule has 14 heavy (non-hydrogen) atoms. The van der Waals surface area contributed by atoms with Crippen LogP contribution < -0.4 is 4.74 Å². The lowest BCUT2D eigenvalue weighted by atomic mass is 10.2. The fourth-order valence-corrected chi connectivity index (χ4v) is 1.36. The van der Waals surface area contributed by atoms with Gasteiger partial charge in [-0.1, -0.05) is 0 Å². The molecule has 0 radical (unpaired) electrons. The van der Waals surface area contributed by atoms with E-state index in [-0.39, 0.29) is 15.9 Å². The van der Waals surface area contributed by atoms with E-state index in [1.54, 1.807) is 6.07 Å². The lowest BCUT2D eigenvalue weighted by molar-refractivity contribution is 0.144. The molecule has 0 spiro atoms. The third-order valence-electron chi connectivity index (χ3n) is 1.49. The van der Waals surface area contributed by atoms with Crippen molar-refractivity contribution in [2.45, 2.75) is 6.43 Å². The number of nitriles is 1. The van der Waals surface area contributed by atoms with Crippen molar-refractivity contribution in [3.8, 4) is 11.9 Å². The molecule has 3 nitrogen and oxygen atoms in total. The van der Waals surface area contributed by atoms with Gasteiger partial charge in [0.1, 0.15) is 17.3 Å². The van der Waals surface area contributed by atoms with Crippen LogP contribution in [0.25, 0.3) is 0 Å². The van der Waals surface area contributed by atoms with Crippen LogP contribution in [0, 0.1) is 11.3 Å². The molecule has 0 saturated heterocycles. The summed E-state index contributed by atoms with van der Waals surface area (Å²) in [6.07, 6.45) is -2.70. The van der Waals surface area contributed by atoms with Crippen molar-refractivity contribution in [3.05, 3.63) is 21.8 Å². The summed E-state index contributed by atoms with van der Waals surface area (Å²) < 4.78 is 29.5. The fraction of sp³-hybridized carbons (Fsp3) is 0.250. The Bertz CT molecular complexity index is 389. The van der Waals surface area contributed by atoms with E-state index in [2.05, 4.69) is 20.9 Å². The Balaban J connectivity index is 3.32. The first-order chi connectivity index (χ1) is 6.60. The normalized spacial score (nSPS) is 10.0. The number of ether oxygens (including phenoxy) is 1. The molecule has 0 aliphatic rings. The molecule has 0 N–H and O–H groups in total. The zero-order valence-corrected chi connectivity index (χ0v) is 8.68. The Labute approximate surface area is 87.5 Å². The lowest BCUT2D eigenvalue weighted by Gasteiger charge is -2.06. The van der Waals surface area contributed by atoms with Crippen LogP contribution in [0.4, 0.5) is 8.78 Å². The Morgan fingerprint density at radius 2 is 2.29 bits per heavy atom. The van der Waals surface area contributed by atoms with Gasteiger partial charge in [0.25, 0.3) is 6.43 Å². The summed E-state index contributed by atoms with van der Waals surface area (Å²) in [5.41, 5.74) is -0.315. The molecule has 1 rings (SSSR count). The van der Waals surface area contributed by atoms with Crippen LogP contribution in [-0.2, 0) is 0 Å². The van der Waals surface area contributed by atoms with Crippen LogP contribution >= 0.6 is 15.9 Å². The number of halogens is 3. The van der Waals surface area contributed by atoms with Gasteiger partial charge in [0.05, 0.1) is 7.11 Å². The van der Waals surface area contributed by atoms with Gasteiger partial charge in [0.15, 0.2) is 0 Å². The second-order valence-corrected chi connectivity index (χ2v) is 3.18. The molecule has 0 aliphatic heterocycles. The third-order valence-corrected chi connectivity index (χ3v) is 2.12. The highest BCUT2D eigenvalue weighted by atomic mass is 79.9. The molecule has 6 heteroatoms. The highest BCUT2D eigenvalue weighted by Gasteiger charge is 2.17. The van der Waals surface area contributed by atoms with E-state index in [1.807, 2.05) is 0 Å². The van der Waals surface area contributed by atoms with Gasteiger partial charge in [-0.3, -0.25) is 0 Å². The number of methoxy groups -OCH3 is 1. The Morgan fingerprint density at radius 1 is 1.64 bits per heavy atom. The predicted octanol–water partition coefficient (Wildman–Crippen LogP) is 2.66. The van der Waals surface area contributed by atoms with Gasteiger partial charge < -0.3 is 4.74 Å². The zero-order chi connectivity index (χ0) is 10.7. The summed E-state index contributed by atoms with van der Waals surface area (Å²) in [6.45, 7) is 0. The molecular weight excluding hydrogens is 258 g/mol. The van der Waals surface area contributed by atoms with E-state index in [0.717, 1.165) is 0 Å². The van der Waals surface area contributed by atoms with E-state index in [4.69, 9.17) is 10.00 Å². The highest BCUT2D eigenvalue weighted by molar-refractivity contribution is 9.10. The van der Waals surface area contributed by atoms with Crippen molar-refractivity contribution in [2.24, 2.45) is 0 Å². The average Bonchev–Trinajstić information content (AvgIpc) is 2.16. The first-order valence-electron chi connectivity index (χ1n) is 3.52. The van der Waals surface area contributed by atoms with Crippen LogP contribution in [0.3, 0.4) is 0 Å². The summed E-state index contributed by atoms with van der Waals surface area (Å²) >= 11 is 2.90. The maximum Gasteiger partial charge on any atom is 0.281 e. The van der Waals surface area contributed by atoms with Crippen molar-refractivity contribution in [1.29, 1.82) is 5.26 Å². The minimum absolute atomic E-state index is 0.0917. The Morgan fingerprint density at radius 3 is 2.71 bits per heavy atom. The Hall–Kier alpha value is -1.22. The molecule has 0 unspecified atom stereocenters. The van der Waals surface area contributed by atoms with Crippen molar-refractivity contribution in [2.75, 3.05) is 7.11 Å². The molecule has 1 aromatic rings. The van der Waals surface area contributed by atoms with Gasteiger partial charge >= 0.3 is 0 Å². The maximum atomic E-state index is 12.3. The van der Waals surface area contributed by atoms with E-state index < -0.39 is 12.1 Å². The van der Waals surface area contributed by atoms with E-state index in [1.165, 1.54) is 13.2 Å². The monoisotopic (exact) mass is 262 g/mol. The van der Waals surface area contributed by atoms with Gasteiger partial charge in [-0.15, -0.1) is 0 Å². The lowest BCUT2D eigenvalue weighted by Crippen LogP contribution is -1.98. The number of aromatic nitrogens is 1. The fourth-order valence-electron chi connectivity index (χ4n) is 0.874. The van der Waals surface area contributed by atoms with Gasteiger partial charge in [-0.2, -0.15) is 5.26 Å². The number of pyridine rings is 1. The van der Waals surface area contributed by atoms with E-state index in [9.17, 15) is 8.78 Å². The summed E-state index contributed by atoms with van der Waals surface area (Å²) in [5, 5.41) is 8.63. The molecular formula is C8H5BrF2N2O. The molecule has 0 aromatic carbocycles. The molecule has 1 aromatic heterocycles. The number of rotatable bonds is 2. The van der Waals surface area contributed by atoms with Gasteiger partial charge in [-0.25, -0.2) is 13.8 Å². The van der Waals surface area contributed by atoms with Crippen LogP contribution in [0.15, 0.2) is 10.5 Å². The van der Waals surface area contributed by atoms with Crippen molar-refractivity contribution >= 4 is 15.9 Å². The molecule has 0 saturated carbocycles. The third kappa shape index (κ3) is 1.99. The van der Waals surface area contributed by atoms with Crippen LogP contribution in [0.5, 0.6) is 5.88 Å². The standard InChI is InChI=1S/C8H5BrF2N2O/c1-14-8-4(3-12)2-5(9)6(13-8)7(10)11/h2,7H,1H3. The van der Waals surface area contributed by atoms with Gasteiger partial charge in [-0.05, 0) is 22.0 Å². The van der Waals surface area contributed by atoms with Crippen molar-refractivity contribution < 1.29 is 13.5 Å². The smallest absolute Gasteiger partial charge is 0.281 e. The molecule has 1 heterocycles. The molecule has 74 valence electrons. The number of hydrogen-bond acceptors (Lipinski definition) is 3. The van der Waals surface area contributed by atoms with Crippen LogP contribution in [0.1, 0.15) is 17.7 Å². The first-order valence-corrected chi connectivity index (χ1v) is 4.32. The highest BCUT2D eigenvalue weighted by Crippen LogP contribution is 2.29.